The highest BCUT2D eigenvalue weighted by molar-refractivity contribution is 5.71. The van der Waals surface area contributed by atoms with Crippen LogP contribution in [0.25, 0.3) is 0 Å². The third kappa shape index (κ3) is 64.5. The fourth-order valence-electron chi connectivity index (χ4n) is 9.02. The van der Waals surface area contributed by atoms with Gasteiger partial charge >= 0.3 is 17.9 Å². The van der Waals surface area contributed by atoms with Crippen molar-refractivity contribution in [2.75, 3.05) is 13.2 Å². The average molecular weight is 1100 g/mol. The van der Waals surface area contributed by atoms with E-state index in [-0.39, 0.29) is 31.1 Å². The summed E-state index contributed by atoms with van der Waals surface area (Å²) in [6.45, 7) is 6.47. The van der Waals surface area contributed by atoms with Crippen LogP contribution in [0.5, 0.6) is 0 Å². The molecular weight excluding hydrogens is 973 g/mol. The second-order valence-electron chi connectivity index (χ2n) is 21.6. The van der Waals surface area contributed by atoms with Crippen molar-refractivity contribution in [3.63, 3.8) is 0 Å². The highest BCUT2D eigenvalue weighted by atomic mass is 16.6. The van der Waals surface area contributed by atoms with Gasteiger partial charge in [-0.1, -0.05) is 290 Å². The summed E-state index contributed by atoms with van der Waals surface area (Å²) >= 11 is 0. The molecule has 0 aliphatic rings. The molecule has 0 bridgehead atoms. The van der Waals surface area contributed by atoms with E-state index in [1.807, 2.05) is 0 Å². The number of hydrogen-bond acceptors (Lipinski definition) is 6. The van der Waals surface area contributed by atoms with E-state index in [2.05, 4.69) is 142 Å². The minimum absolute atomic E-state index is 0.0832. The molecule has 0 radical (unpaired) electrons. The lowest BCUT2D eigenvalue weighted by Crippen LogP contribution is -2.30. The summed E-state index contributed by atoms with van der Waals surface area (Å²) in [6.07, 6.45) is 92.3. The lowest BCUT2D eigenvalue weighted by molar-refractivity contribution is -0.167. The molecule has 6 nitrogen and oxygen atoms in total. The number of carbonyl (C=O) groups is 3. The second kappa shape index (κ2) is 66.3. The van der Waals surface area contributed by atoms with Crippen LogP contribution in [-0.4, -0.2) is 37.2 Å². The average Bonchev–Trinajstić information content (AvgIpc) is 3.45. The van der Waals surface area contributed by atoms with Gasteiger partial charge in [-0.2, -0.15) is 0 Å². The lowest BCUT2D eigenvalue weighted by Gasteiger charge is -2.18. The zero-order valence-electron chi connectivity index (χ0n) is 51.6. The molecule has 0 saturated carbocycles. The summed E-state index contributed by atoms with van der Waals surface area (Å²) in [6, 6.07) is 0. The van der Waals surface area contributed by atoms with Crippen molar-refractivity contribution in [1.29, 1.82) is 0 Å². The van der Waals surface area contributed by atoms with E-state index >= 15 is 0 Å². The minimum atomic E-state index is -0.785. The summed E-state index contributed by atoms with van der Waals surface area (Å²) < 4.78 is 16.8. The van der Waals surface area contributed by atoms with E-state index < -0.39 is 6.10 Å². The highest BCUT2D eigenvalue weighted by Crippen LogP contribution is 2.15. The SMILES string of the molecule is CC/C=C\C/C=C\C/C=C\C/C=C\C/C=C\C/C=C\C/C=C\CCCCCCCCCCCC(=O)OCC(COC(=O)CCCCCCCCC)OC(=O)CCCCCCCCCC/C=C\C/C=C\C/C=C\CCCCCCC. The lowest BCUT2D eigenvalue weighted by atomic mass is 10.1. The third-order valence-electron chi connectivity index (χ3n) is 14.0. The molecule has 0 aromatic rings. The predicted octanol–water partition coefficient (Wildman–Crippen LogP) is 22.8. The molecule has 0 rings (SSSR count). The highest BCUT2D eigenvalue weighted by Gasteiger charge is 2.19. The Morgan fingerprint density at radius 1 is 0.266 bits per heavy atom. The van der Waals surface area contributed by atoms with Gasteiger partial charge in [0.05, 0.1) is 0 Å². The van der Waals surface area contributed by atoms with Gasteiger partial charge < -0.3 is 14.2 Å². The van der Waals surface area contributed by atoms with Crippen molar-refractivity contribution in [1.82, 2.24) is 0 Å². The number of allylic oxidation sites excluding steroid dienone is 20. The molecule has 6 heteroatoms. The first-order valence-corrected chi connectivity index (χ1v) is 33.0. The van der Waals surface area contributed by atoms with E-state index in [4.69, 9.17) is 14.2 Å². The van der Waals surface area contributed by atoms with Gasteiger partial charge in [0.15, 0.2) is 6.10 Å². The Morgan fingerprint density at radius 3 is 0.772 bits per heavy atom. The molecule has 1 atom stereocenters. The molecule has 450 valence electrons. The summed E-state index contributed by atoms with van der Waals surface area (Å²) in [5.41, 5.74) is 0. The monoisotopic (exact) mass is 1090 g/mol. The van der Waals surface area contributed by atoms with E-state index in [0.29, 0.717) is 19.3 Å². The van der Waals surface area contributed by atoms with Gasteiger partial charge in [0.1, 0.15) is 13.2 Å². The number of esters is 3. The summed E-state index contributed by atoms with van der Waals surface area (Å²) in [5.74, 6) is -0.899. The van der Waals surface area contributed by atoms with E-state index in [1.165, 1.54) is 135 Å². The molecule has 79 heavy (non-hydrogen) atoms. The molecule has 0 heterocycles. The van der Waals surface area contributed by atoms with Crippen LogP contribution in [0.2, 0.25) is 0 Å². The maximum atomic E-state index is 12.9. The molecule has 0 aliphatic heterocycles. The van der Waals surface area contributed by atoms with E-state index in [1.54, 1.807) is 0 Å². The van der Waals surface area contributed by atoms with Crippen LogP contribution in [0.1, 0.15) is 303 Å². The normalized spacial score (nSPS) is 12.9. The van der Waals surface area contributed by atoms with Crippen LogP contribution in [0.3, 0.4) is 0 Å². The zero-order chi connectivity index (χ0) is 57.1. The molecule has 0 spiro atoms. The Kier molecular flexibility index (Phi) is 62.8. The first-order valence-electron chi connectivity index (χ1n) is 33.0. The predicted molar refractivity (Wildman–Crippen MR) is 343 cm³/mol. The molecular formula is C73H122O6. The first-order chi connectivity index (χ1) is 39.0. The molecule has 0 aromatic heterocycles. The van der Waals surface area contributed by atoms with Crippen molar-refractivity contribution >= 4 is 17.9 Å². The number of carbonyl (C=O) groups excluding carboxylic acids is 3. The first kappa shape index (κ1) is 74.8. The Labute approximate surface area is 488 Å². The van der Waals surface area contributed by atoms with Gasteiger partial charge in [-0.25, -0.2) is 0 Å². The molecule has 0 saturated heterocycles. The van der Waals surface area contributed by atoms with Crippen LogP contribution in [-0.2, 0) is 28.6 Å². The smallest absolute Gasteiger partial charge is 0.306 e. The van der Waals surface area contributed by atoms with Gasteiger partial charge in [-0.05, 0) is 116 Å². The molecule has 0 aromatic carbocycles. The van der Waals surface area contributed by atoms with Crippen LogP contribution in [0.4, 0.5) is 0 Å². The third-order valence-corrected chi connectivity index (χ3v) is 14.0. The molecule has 0 amide bonds. The Bertz CT molecular complexity index is 1640. The van der Waals surface area contributed by atoms with Crippen molar-refractivity contribution in [2.45, 2.75) is 309 Å². The van der Waals surface area contributed by atoms with Crippen molar-refractivity contribution in [2.24, 2.45) is 0 Å². The van der Waals surface area contributed by atoms with Crippen molar-refractivity contribution in [3.05, 3.63) is 122 Å². The maximum absolute atomic E-state index is 12.9. The summed E-state index contributed by atoms with van der Waals surface area (Å²) in [5, 5.41) is 0. The van der Waals surface area contributed by atoms with Crippen LogP contribution >= 0.6 is 0 Å². The second-order valence-corrected chi connectivity index (χ2v) is 21.6. The minimum Gasteiger partial charge on any atom is -0.462 e. The van der Waals surface area contributed by atoms with E-state index in [0.717, 1.165) is 128 Å². The number of ether oxygens (including phenoxy) is 3. The molecule has 1 unspecified atom stereocenters. The Morgan fingerprint density at radius 2 is 0.494 bits per heavy atom. The largest absolute Gasteiger partial charge is 0.462 e. The summed E-state index contributed by atoms with van der Waals surface area (Å²) in [7, 11) is 0. The molecule has 0 aliphatic carbocycles. The Balaban J connectivity index is 4.17. The zero-order valence-corrected chi connectivity index (χ0v) is 51.6. The standard InChI is InChI=1S/C73H122O6/c1-4-7-10-13-16-18-20-22-24-26-28-30-32-33-34-35-36-37-38-39-41-42-44-46-48-50-52-54-57-60-63-66-72(75)78-69-70(68-77-71(74)65-62-59-56-15-12-9-6-3)79-73(76)67-64-61-58-55-53-51-49-47-45-43-40-31-29-27-25-23-21-19-17-14-11-8-5-2/h7,10,16,18,21-24,27-30,33-34,36-37,39-41,43,70H,4-6,8-9,11-15,17,19-20,25-26,31-32,35,38,42,44-69H2,1-3H3/b10-7-,18-16-,23-21-,24-22-,29-27-,30-28-,34-33-,37-36-,41-39-,43-40-. The quantitative estimate of drug-likeness (QED) is 0.0261. The number of unbranched alkanes of at least 4 members (excludes halogenated alkanes) is 28. The van der Waals surface area contributed by atoms with Crippen LogP contribution in [0.15, 0.2) is 122 Å². The Hall–Kier alpha value is -4.19. The van der Waals surface area contributed by atoms with Gasteiger partial charge in [0.2, 0.25) is 0 Å². The van der Waals surface area contributed by atoms with E-state index in [9.17, 15) is 14.4 Å². The van der Waals surface area contributed by atoms with Crippen LogP contribution < -0.4 is 0 Å². The van der Waals surface area contributed by atoms with Crippen molar-refractivity contribution in [3.8, 4) is 0 Å². The van der Waals surface area contributed by atoms with Gasteiger partial charge in [0.25, 0.3) is 0 Å². The van der Waals surface area contributed by atoms with Gasteiger partial charge in [-0.3, -0.25) is 14.4 Å². The number of hydrogen-bond donors (Lipinski definition) is 0. The van der Waals surface area contributed by atoms with Crippen molar-refractivity contribution < 1.29 is 28.6 Å². The topological polar surface area (TPSA) is 78.9 Å². The van der Waals surface area contributed by atoms with Gasteiger partial charge in [0, 0.05) is 19.3 Å². The fourth-order valence-corrected chi connectivity index (χ4v) is 9.02. The maximum Gasteiger partial charge on any atom is 0.306 e. The fraction of sp³-hybridized carbons (Fsp3) is 0.685. The summed E-state index contributed by atoms with van der Waals surface area (Å²) in [4.78, 5) is 38.1. The number of rotatable bonds is 59. The molecule has 0 N–H and O–H groups in total. The van der Waals surface area contributed by atoms with Gasteiger partial charge in [-0.15, -0.1) is 0 Å². The molecule has 0 fully saturated rings. The van der Waals surface area contributed by atoms with Crippen LogP contribution in [0, 0.1) is 0 Å².